The second-order valence-corrected chi connectivity index (χ2v) is 5.00. The van der Waals surface area contributed by atoms with Gasteiger partial charge in [-0.3, -0.25) is 4.68 Å². The van der Waals surface area contributed by atoms with Gasteiger partial charge in [0.25, 0.3) is 0 Å². The second kappa shape index (κ2) is 6.01. The van der Waals surface area contributed by atoms with Crippen molar-refractivity contribution < 1.29 is 13.9 Å². The van der Waals surface area contributed by atoms with Crippen molar-refractivity contribution >= 4 is 22.6 Å². The van der Waals surface area contributed by atoms with E-state index in [2.05, 4.69) is 26.7 Å². The van der Waals surface area contributed by atoms with E-state index in [0.717, 1.165) is 0 Å². The van der Waals surface area contributed by atoms with Gasteiger partial charge in [0.15, 0.2) is 0 Å². The predicted octanol–water partition coefficient (Wildman–Crippen LogP) is 1.88. The van der Waals surface area contributed by atoms with Crippen LogP contribution in [0.25, 0.3) is 10.9 Å². The number of fused-ring (bicyclic) bond motifs is 1. The number of nitrogens with two attached hydrogens (primary N) is 1. The van der Waals surface area contributed by atoms with Crippen LogP contribution in [0.15, 0.2) is 30.5 Å². The number of rotatable bonds is 1. The van der Waals surface area contributed by atoms with Crippen LogP contribution in [-0.4, -0.2) is 27.8 Å². The normalized spacial score (nSPS) is 10.3. The molecule has 0 aliphatic heterocycles. The maximum atomic E-state index is 13.3. The van der Waals surface area contributed by atoms with Crippen LogP contribution in [-0.2, 0) is 11.8 Å². The molecular weight excluding hydrogens is 311 g/mol. The van der Waals surface area contributed by atoms with Crippen LogP contribution in [0.1, 0.15) is 21.7 Å². The lowest BCUT2D eigenvalue weighted by Crippen LogP contribution is -2.08. The fourth-order valence-corrected chi connectivity index (χ4v) is 2.30. The number of carbonyl (C=O) groups is 1. The van der Waals surface area contributed by atoms with Gasteiger partial charge in [-0.25, -0.2) is 14.2 Å². The Morgan fingerprint density at radius 1 is 1.29 bits per heavy atom. The van der Waals surface area contributed by atoms with Crippen molar-refractivity contribution in [1.82, 2.24) is 14.8 Å². The summed E-state index contributed by atoms with van der Waals surface area (Å²) in [5, 5.41) is 4.98. The maximum absolute atomic E-state index is 13.3. The molecule has 2 heterocycles. The molecule has 0 saturated carbocycles. The Morgan fingerprint density at radius 3 is 2.79 bits per heavy atom. The third-order valence-electron chi connectivity index (χ3n) is 3.51. The molecule has 24 heavy (non-hydrogen) atoms. The number of hydrogen-bond donors (Lipinski definition) is 1. The zero-order chi connectivity index (χ0) is 17.3. The summed E-state index contributed by atoms with van der Waals surface area (Å²) in [7, 11) is 2.98. The first-order valence-corrected chi connectivity index (χ1v) is 6.98. The lowest BCUT2D eigenvalue weighted by molar-refractivity contribution is 0.0602. The summed E-state index contributed by atoms with van der Waals surface area (Å²) in [6, 6.07) is 5.81. The van der Waals surface area contributed by atoms with Crippen molar-refractivity contribution in [1.29, 1.82) is 0 Å². The molecule has 6 nitrogen and oxygen atoms in total. The average molecular weight is 324 g/mol. The number of benzene rings is 1. The van der Waals surface area contributed by atoms with E-state index in [1.165, 1.54) is 31.5 Å². The number of ether oxygens (including phenoxy) is 1. The molecule has 2 N–H and O–H groups in total. The van der Waals surface area contributed by atoms with E-state index < -0.39 is 5.97 Å². The maximum Gasteiger partial charge on any atom is 0.340 e. The Bertz CT molecular complexity index is 1010. The predicted molar refractivity (Wildman–Crippen MR) is 86.6 cm³/mol. The fraction of sp³-hybridized carbons (Fsp3) is 0.118. The van der Waals surface area contributed by atoms with Crippen LogP contribution in [0.5, 0.6) is 0 Å². The van der Waals surface area contributed by atoms with Gasteiger partial charge in [0.05, 0.1) is 23.9 Å². The number of hydrogen-bond acceptors (Lipinski definition) is 5. The zero-order valence-corrected chi connectivity index (χ0v) is 13.0. The molecule has 3 aromatic rings. The number of nitrogens with zero attached hydrogens (tertiary/aromatic N) is 3. The zero-order valence-electron chi connectivity index (χ0n) is 13.0. The van der Waals surface area contributed by atoms with Gasteiger partial charge in [-0.05, 0) is 36.1 Å². The number of methoxy groups -OCH3 is 1. The number of pyridine rings is 1. The Labute approximate surface area is 137 Å². The number of aryl methyl sites for hydroxylation is 1. The van der Waals surface area contributed by atoms with Gasteiger partial charge < -0.3 is 10.5 Å². The van der Waals surface area contributed by atoms with Gasteiger partial charge in [-0.15, -0.1) is 0 Å². The fourth-order valence-electron chi connectivity index (χ4n) is 2.30. The minimum atomic E-state index is -0.559. The summed E-state index contributed by atoms with van der Waals surface area (Å²) in [6.45, 7) is 0. The number of esters is 1. The molecule has 3 rings (SSSR count). The molecule has 1 aromatic carbocycles. The molecule has 0 aliphatic rings. The van der Waals surface area contributed by atoms with E-state index in [4.69, 9.17) is 5.73 Å². The minimum absolute atomic E-state index is 0.142. The third-order valence-corrected chi connectivity index (χ3v) is 3.51. The monoisotopic (exact) mass is 324 g/mol. The lowest BCUT2D eigenvalue weighted by Gasteiger charge is -2.03. The summed E-state index contributed by atoms with van der Waals surface area (Å²) in [4.78, 5) is 15.7. The molecule has 0 saturated heterocycles. The number of carbonyl (C=O) groups excluding carboxylic acids is 1. The highest BCUT2D eigenvalue weighted by molar-refractivity contribution is 5.96. The molecular formula is C17H13FN4O2. The summed E-state index contributed by atoms with van der Waals surface area (Å²) in [5.74, 6) is 4.77. The molecule has 0 aliphatic carbocycles. The van der Waals surface area contributed by atoms with E-state index in [9.17, 15) is 9.18 Å². The number of anilines is 1. The first kappa shape index (κ1) is 15.5. The van der Waals surface area contributed by atoms with Gasteiger partial charge in [0.2, 0.25) is 0 Å². The summed E-state index contributed by atoms with van der Waals surface area (Å²) < 4.78 is 19.5. The molecule has 0 atom stereocenters. The average Bonchev–Trinajstić information content (AvgIpc) is 2.89. The minimum Gasteiger partial charge on any atom is -0.465 e. The standard InChI is InChI=1S/C17H13FN4O2/c1-22-15-9-10(18)3-4-11(15)13(21-22)5-6-14-16(19)12(7-8-20-14)17(23)24-2/h3-4,7-9H,19H2,1-2H3. The van der Waals surface area contributed by atoms with Crippen LogP contribution in [0.4, 0.5) is 10.1 Å². The highest BCUT2D eigenvalue weighted by atomic mass is 19.1. The molecule has 0 spiro atoms. The van der Waals surface area contributed by atoms with E-state index in [1.54, 1.807) is 17.8 Å². The van der Waals surface area contributed by atoms with Crippen molar-refractivity contribution in [3.8, 4) is 11.8 Å². The van der Waals surface area contributed by atoms with Crippen LogP contribution in [0.2, 0.25) is 0 Å². The molecule has 0 bridgehead atoms. The molecule has 0 radical (unpaired) electrons. The van der Waals surface area contributed by atoms with Crippen molar-refractivity contribution in [2.45, 2.75) is 0 Å². The molecule has 2 aromatic heterocycles. The summed E-state index contributed by atoms with van der Waals surface area (Å²) in [6.07, 6.45) is 1.43. The van der Waals surface area contributed by atoms with Crippen molar-refractivity contribution in [3.63, 3.8) is 0 Å². The van der Waals surface area contributed by atoms with Gasteiger partial charge >= 0.3 is 5.97 Å². The summed E-state index contributed by atoms with van der Waals surface area (Å²) in [5.41, 5.74) is 7.61. The molecule has 7 heteroatoms. The van der Waals surface area contributed by atoms with Gasteiger partial charge in [0, 0.05) is 18.6 Å². The third kappa shape index (κ3) is 2.65. The van der Waals surface area contributed by atoms with Crippen molar-refractivity contribution in [3.05, 3.63) is 53.2 Å². The van der Waals surface area contributed by atoms with E-state index in [1.807, 2.05) is 0 Å². The summed E-state index contributed by atoms with van der Waals surface area (Å²) >= 11 is 0. The van der Waals surface area contributed by atoms with E-state index in [0.29, 0.717) is 16.6 Å². The number of halogens is 1. The van der Waals surface area contributed by atoms with Crippen LogP contribution in [0.3, 0.4) is 0 Å². The Balaban J connectivity index is 2.07. The molecule has 0 fully saturated rings. The first-order valence-electron chi connectivity index (χ1n) is 6.98. The van der Waals surface area contributed by atoms with Gasteiger partial charge in [-0.1, -0.05) is 0 Å². The smallest absolute Gasteiger partial charge is 0.340 e. The van der Waals surface area contributed by atoms with Gasteiger partial charge in [0.1, 0.15) is 17.2 Å². The van der Waals surface area contributed by atoms with Gasteiger partial charge in [-0.2, -0.15) is 5.10 Å². The number of aromatic nitrogens is 3. The van der Waals surface area contributed by atoms with Crippen molar-refractivity contribution in [2.24, 2.45) is 7.05 Å². The highest BCUT2D eigenvalue weighted by Crippen LogP contribution is 2.19. The quantitative estimate of drug-likeness (QED) is 0.546. The first-order chi connectivity index (χ1) is 11.5. The van der Waals surface area contributed by atoms with Crippen LogP contribution < -0.4 is 5.73 Å². The SMILES string of the molecule is COC(=O)c1ccnc(C#Cc2nn(C)c3cc(F)ccc23)c1N. The number of nitrogen functional groups attached to an aromatic ring is 1. The Morgan fingerprint density at radius 2 is 2.04 bits per heavy atom. The van der Waals surface area contributed by atoms with Crippen LogP contribution in [0, 0.1) is 17.7 Å². The Hall–Kier alpha value is -3.40. The molecule has 120 valence electrons. The van der Waals surface area contributed by atoms with Crippen molar-refractivity contribution in [2.75, 3.05) is 12.8 Å². The topological polar surface area (TPSA) is 83.0 Å². The Kier molecular flexibility index (Phi) is 3.88. The van der Waals surface area contributed by atoms with E-state index in [-0.39, 0.29) is 22.8 Å². The molecule has 0 amide bonds. The highest BCUT2D eigenvalue weighted by Gasteiger charge is 2.13. The molecule has 0 unspecified atom stereocenters. The van der Waals surface area contributed by atoms with Crippen LogP contribution >= 0.6 is 0 Å². The van der Waals surface area contributed by atoms with E-state index >= 15 is 0 Å². The largest absolute Gasteiger partial charge is 0.465 e. The second-order valence-electron chi connectivity index (χ2n) is 5.00. The lowest BCUT2D eigenvalue weighted by atomic mass is 10.1.